The van der Waals surface area contributed by atoms with Gasteiger partial charge < -0.3 is 5.32 Å². The first-order valence-corrected chi connectivity index (χ1v) is 14.1. The van der Waals surface area contributed by atoms with Gasteiger partial charge in [0.05, 0.1) is 11.6 Å². The topological polar surface area (TPSA) is 45.2 Å². The number of piperidine rings is 1. The Hall–Kier alpha value is -3.03. The Morgan fingerprint density at radius 3 is 2.51 bits per heavy atom. The molecule has 1 N–H and O–H groups in total. The van der Waals surface area contributed by atoms with E-state index in [1.165, 1.54) is 20.1 Å². The highest BCUT2D eigenvalue weighted by atomic mass is 127. The van der Waals surface area contributed by atoms with Crippen LogP contribution in [-0.4, -0.2) is 28.9 Å². The van der Waals surface area contributed by atoms with Crippen molar-refractivity contribution in [3.63, 3.8) is 0 Å². The highest BCUT2D eigenvalue weighted by Gasteiger charge is 2.16. The number of rotatable bonds is 7. The number of pyridine rings is 1. The second kappa shape index (κ2) is 12.0. The molecule has 0 spiro atoms. The van der Waals surface area contributed by atoms with Crippen LogP contribution in [0, 0.1) is 3.57 Å². The number of nitrogens with zero attached hydrogens (tertiary/aromatic N) is 2. The van der Waals surface area contributed by atoms with E-state index < -0.39 is 0 Å². The van der Waals surface area contributed by atoms with Gasteiger partial charge in [-0.1, -0.05) is 55.0 Å². The fourth-order valence-electron chi connectivity index (χ4n) is 4.95. The number of carbonyl (C=O) groups is 1. The summed E-state index contributed by atoms with van der Waals surface area (Å²) in [7, 11) is 0. The van der Waals surface area contributed by atoms with Crippen molar-refractivity contribution < 1.29 is 4.79 Å². The average Bonchev–Trinajstić information content (AvgIpc) is 2.93. The minimum absolute atomic E-state index is 0.0164. The molecular weight excluding hydrogens is 569 g/mol. The van der Waals surface area contributed by atoms with Crippen LogP contribution in [0.3, 0.4) is 0 Å². The molecule has 1 saturated heterocycles. The maximum Gasteiger partial charge on any atom is 0.251 e. The van der Waals surface area contributed by atoms with Crippen LogP contribution in [0.4, 0.5) is 0 Å². The molecule has 0 saturated carbocycles. The lowest BCUT2D eigenvalue weighted by molar-refractivity contribution is 0.0935. The van der Waals surface area contributed by atoms with Gasteiger partial charge in [0.25, 0.3) is 5.91 Å². The summed E-state index contributed by atoms with van der Waals surface area (Å²) in [6.07, 6.45) is 7.14. The standard InChI is InChI=1S/C32H32IN3O/c1-2-30(26-10-12-29(33)13-11-26)35-32(37)27-8-5-23(6-9-27)20-24-15-18-36(19-16-24)22-25-7-14-31-28(21-25)4-3-17-34-31/h3-14,17,20-21,30H,2,15-16,18-19,22H2,1H3,(H,35,37). The van der Waals surface area contributed by atoms with Gasteiger partial charge >= 0.3 is 0 Å². The Kier molecular flexibility index (Phi) is 8.31. The largest absolute Gasteiger partial charge is 0.345 e. The van der Waals surface area contributed by atoms with Gasteiger partial charge in [0.1, 0.15) is 0 Å². The van der Waals surface area contributed by atoms with Gasteiger partial charge in [0.2, 0.25) is 0 Å². The lowest BCUT2D eigenvalue weighted by atomic mass is 9.99. The smallest absolute Gasteiger partial charge is 0.251 e. The van der Waals surface area contributed by atoms with E-state index in [4.69, 9.17) is 0 Å². The van der Waals surface area contributed by atoms with Crippen molar-refractivity contribution >= 4 is 45.5 Å². The lowest BCUT2D eigenvalue weighted by Crippen LogP contribution is -2.30. The summed E-state index contributed by atoms with van der Waals surface area (Å²) < 4.78 is 1.20. The third-order valence-corrected chi connectivity index (χ3v) is 7.82. The number of benzene rings is 3. The number of hydrogen-bond acceptors (Lipinski definition) is 3. The van der Waals surface area contributed by atoms with Crippen LogP contribution < -0.4 is 5.32 Å². The SMILES string of the molecule is CCC(NC(=O)c1ccc(C=C2CCN(Cc3ccc4ncccc4c3)CC2)cc1)c1ccc(I)cc1. The average molecular weight is 602 g/mol. The normalized spacial score (nSPS) is 14.9. The summed E-state index contributed by atoms with van der Waals surface area (Å²) in [5.41, 5.74) is 6.87. The Balaban J connectivity index is 1.15. The van der Waals surface area contributed by atoms with Crippen LogP contribution in [0.2, 0.25) is 0 Å². The monoisotopic (exact) mass is 601 g/mol. The first-order valence-electron chi connectivity index (χ1n) is 13.0. The number of likely N-dealkylation sites (tertiary alicyclic amines) is 1. The number of carbonyl (C=O) groups excluding carboxylic acids is 1. The number of fused-ring (bicyclic) bond motifs is 1. The van der Waals surface area contributed by atoms with E-state index in [2.05, 4.69) is 111 Å². The van der Waals surface area contributed by atoms with Crippen molar-refractivity contribution in [1.82, 2.24) is 15.2 Å². The van der Waals surface area contributed by atoms with Gasteiger partial charge in [0, 0.05) is 40.4 Å². The molecule has 37 heavy (non-hydrogen) atoms. The van der Waals surface area contributed by atoms with Crippen molar-refractivity contribution in [2.45, 2.75) is 38.8 Å². The van der Waals surface area contributed by atoms with E-state index in [1.54, 1.807) is 0 Å². The minimum atomic E-state index is -0.0256. The summed E-state index contributed by atoms with van der Waals surface area (Å²) in [5, 5.41) is 4.39. The molecule has 1 atom stereocenters. The van der Waals surface area contributed by atoms with Gasteiger partial charge in [-0.25, -0.2) is 0 Å². The molecule has 3 aromatic carbocycles. The van der Waals surface area contributed by atoms with Crippen LogP contribution in [0.25, 0.3) is 17.0 Å². The fraction of sp³-hybridized carbons (Fsp3) is 0.250. The molecule has 5 heteroatoms. The predicted molar refractivity (Wildman–Crippen MR) is 160 cm³/mol. The summed E-state index contributed by atoms with van der Waals surface area (Å²) in [6.45, 7) is 5.20. The zero-order chi connectivity index (χ0) is 25.6. The second-order valence-corrected chi connectivity index (χ2v) is 11.0. The van der Waals surface area contributed by atoms with Crippen molar-refractivity contribution in [1.29, 1.82) is 0 Å². The molecule has 0 bridgehead atoms. The van der Waals surface area contributed by atoms with Gasteiger partial charge in [-0.3, -0.25) is 14.7 Å². The predicted octanol–water partition coefficient (Wildman–Crippen LogP) is 7.40. The summed E-state index contributed by atoms with van der Waals surface area (Å²) >= 11 is 2.30. The molecule has 1 amide bonds. The third kappa shape index (κ3) is 6.65. The van der Waals surface area contributed by atoms with Crippen LogP contribution in [-0.2, 0) is 6.54 Å². The Labute approximate surface area is 232 Å². The molecule has 0 aliphatic carbocycles. The molecule has 0 radical (unpaired) electrons. The van der Waals surface area contributed by atoms with Gasteiger partial charge in [0.15, 0.2) is 0 Å². The first-order chi connectivity index (χ1) is 18.1. The molecule has 1 fully saturated rings. The molecule has 188 valence electrons. The summed E-state index contributed by atoms with van der Waals surface area (Å²) in [4.78, 5) is 19.8. The maximum absolute atomic E-state index is 12.9. The van der Waals surface area contributed by atoms with E-state index in [0.717, 1.165) is 55.5 Å². The molecule has 2 heterocycles. The molecule has 1 aliphatic heterocycles. The van der Waals surface area contributed by atoms with Crippen molar-refractivity contribution in [2.75, 3.05) is 13.1 Å². The van der Waals surface area contributed by atoms with E-state index in [9.17, 15) is 4.79 Å². The van der Waals surface area contributed by atoms with Gasteiger partial charge in [-0.05, 0) is 101 Å². The maximum atomic E-state index is 12.9. The van der Waals surface area contributed by atoms with E-state index in [-0.39, 0.29) is 11.9 Å². The zero-order valence-electron chi connectivity index (χ0n) is 21.2. The van der Waals surface area contributed by atoms with E-state index in [1.807, 2.05) is 24.4 Å². The molecule has 1 aromatic heterocycles. The van der Waals surface area contributed by atoms with Crippen LogP contribution in [0.15, 0.2) is 90.6 Å². The van der Waals surface area contributed by atoms with Crippen molar-refractivity contribution in [3.05, 3.63) is 116 Å². The second-order valence-electron chi connectivity index (χ2n) is 9.72. The number of aromatic nitrogens is 1. The summed E-state index contributed by atoms with van der Waals surface area (Å²) in [6, 6.07) is 27.1. The van der Waals surface area contributed by atoms with Gasteiger partial charge in [-0.15, -0.1) is 0 Å². The Bertz CT molecular complexity index is 1390. The number of halogens is 1. The van der Waals surface area contributed by atoms with Crippen LogP contribution in [0.1, 0.15) is 59.3 Å². The van der Waals surface area contributed by atoms with Gasteiger partial charge in [-0.2, -0.15) is 0 Å². The molecule has 4 aromatic rings. The lowest BCUT2D eigenvalue weighted by Gasteiger charge is -2.28. The zero-order valence-corrected chi connectivity index (χ0v) is 23.3. The van der Waals surface area contributed by atoms with Crippen molar-refractivity contribution in [2.24, 2.45) is 0 Å². The molecule has 4 nitrogen and oxygen atoms in total. The molecule has 1 unspecified atom stereocenters. The molecule has 5 rings (SSSR count). The number of amides is 1. The Morgan fingerprint density at radius 2 is 1.78 bits per heavy atom. The third-order valence-electron chi connectivity index (χ3n) is 7.10. The quantitative estimate of drug-likeness (QED) is 0.225. The fourth-order valence-corrected chi connectivity index (χ4v) is 5.31. The molecular formula is C32H32IN3O. The molecule has 1 aliphatic rings. The van der Waals surface area contributed by atoms with E-state index in [0.29, 0.717) is 5.56 Å². The number of nitrogens with one attached hydrogen (secondary N) is 1. The number of hydrogen-bond donors (Lipinski definition) is 1. The minimum Gasteiger partial charge on any atom is -0.345 e. The van der Waals surface area contributed by atoms with Crippen LogP contribution in [0.5, 0.6) is 0 Å². The first kappa shape index (κ1) is 25.6. The van der Waals surface area contributed by atoms with E-state index >= 15 is 0 Å². The highest BCUT2D eigenvalue weighted by molar-refractivity contribution is 14.1. The highest BCUT2D eigenvalue weighted by Crippen LogP contribution is 2.23. The summed E-state index contributed by atoms with van der Waals surface area (Å²) in [5.74, 6) is -0.0256. The van der Waals surface area contributed by atoms with Crippen molar-refractivity contribution in [3.8, 4) is 0 Å². The Morgan fingerprint density at radius 1 is 1.03 bits per heavy atom. The van der Waals surface area contributed by atoms with Crippen LogP contribution >= 0.6 is 22.6 Å².